The second-order valence-electron chi connectivity index (χ2n) is 6.99. The van der Waals surface area contributed by atoms with Crippen molar-refractivity contribution in [3.05, 3.63) is 111 Å². The molecule has 0 bridgehead atoms. The lowest BCUT2D eigenvalue weighted by Gasteiger charge is -2.05. The summed E-state index contributed by atoms with van der Waals surface area (Å²) in [4.78, 5) is 30.3. The van der Waals surface area contributed by atoms with Gasteiger partial charge in [-0.1, -0.05) is 71.5 Å². The molecular formula is C25H19ClN2O2S. The highest BCUT2D eigenvalue weighted by atomic mass is 35.5. The molecule has 0 fully saturated rings. The van der Waals surface area contributed by atoms with E-state index >= 15 is 0 Å². The Hall–Kier alpha value is -3.28. The Kier molecular flexibility index (Phi) is 5.98. The van der Waals surface area contributed by atoms with Gasteiger partial charge in [0, 0.05) is 28.3 Å². The first-order chi connectivity index (χ1) is 15.0. The Morgan fingerprint density at radius 2 is 1.65 bits per heavy atom. The monoisotopic (exact) mass is 446 g/mol. The highest BCUT2D eigenvalue weighted by Gasteiger charge is 2.13. The SMILES string of the molecule is C=CCn1c(=NC(=O)c2ccc(C(=O)c3ccccc3)cc2)sc2ccc(Cl)c(C)c21. The Balaban J connectivity index is 1.70. The standard InChI is InChI=1S/C25H19ClN2O2S/c1-3-15-28-22-16(2)20(26)13-14-21(22)31-25(28)27-24(30)19-11-9-18(10-12-19)23(29)17-7-5-4-6-8-17/h3-14H,1,15H2,2H3. The first-order valence-corrected chi connectivity index (χ1v) is 10.9. The summed E-state index contributed by atoms with van der Waals surface area (Å²) in [6.07, 6.45) is 1.76. The second-order valence-corrected chi connectivity index (χ2v) is 8.41. The average molecular weight is 447 g/mol. The number of rotatable bonds is 5. The fraction of sp³-hybridized carbons (Fsp3) is 0.0800. The number of carbonyl (C=O) groups is 2. The van der Waals surface area contributed by atoms with Crippen LogP contribution in [0.5, 0.6) is 0 Å². The van der Waals surface area contributed by atoms with Crippen LogP contribution in [-0.2, 0) is 6.54 Å². The van der Waals surface area contributed by atoms with Gasteiger partial charge in [0.1, 0.15) is 0 Å². The van der Waals surface area contributed by atoms with E-state index < -0.39 is 0 Å². The van der Waals surface area contributed by atoms with Crippen LogP contribution in [0.25, 0.3) is 10.2 Å². The number of nitrogens with zero attached hydrogens (tertiary/aromatic N) is 2. The molecule has 0 aliphatic heterocycles. The highest BCUT2D eigenvalue weighted by molar-refractivity contribution is 7.16. The molecule has 0 unspecified atom stereocenters. The predicted octanol–water partition coefficient (Wildman–Crippen LogP) is 5.82. The van der Waals surface area contributed by atoms with Crippen LogP contribution >= 0.6 is 22.9 Å². The third-order valence-corrected chi connectivity index (χ3v) is 6.42. The van der Waals surface area contributed by atoms with Gasteiger partial charge >= 0.3 is 0 Å². The molecule has 1 aromatic heterocycles. The van der Waals surface area contributed by atoms with Crippen LogP contribution in [0.1, 0.15) is 31.8 Å². The molecule has 0 radical (unpaired) electrons. The molecule has 0 saturated carbocycles. The highest BCUT2D eigenvalue weighted by Crippen LogP contribution is 2.27. The first-order valence-electron chi connectivity index (χ1n) is 9.68. The Bertz CT molecular complexity index is 1370. The van der Waals surface area contributed by atoms with Gasteiger partial charge in [-0.05, 0) is 36.8 Å². The molecule has 0 spiro atoms. The van der Waals surface area contributed by atoms with Crippen molar-refractivity contribution >= 4 is 44.8 Å². The minimum Gasteiger partial charge on any atom is -0.312 e. The number of halogens is 1. The van der Waals surface area contributed by atoms with Gasteiger partial charge in [0.25, 0.3) is 5.91 Å². The van der Waals surface area contributed by atoms with Crippen molar-refractivity contribution in [2.24, 2.45) is 4.99 Å². The Labute approximate surface area is 188 Å². The van der Waals surface area contributed by atoms with Gasteiger partial charge in [0.05, 0.1) is 10.2 Å². The van der Waals surface area contributed by atoms with Crippen LogP contribution < -0.4 is 4.80 Å². The summed E-state index contributed by atoms with van der Waals surface area (Å²) in [5, 5.41) is 0.666. The van der Waals surface area contributed by atoms with Crippen LogP contribution in [0.2, 0.25) is 5.02 Å². The van der Waals surface area contributed by atoms with Gasteiger partial charge in [-0.15, -0.1) is 6.58 Å². The summed E-state index contributed by atoms with van der Waals surface area (Å²) < 4.78 is 2.94. The second kappa shape index (κ2) is 8.84. The predicted molar refractivity (Wildman–Crippen MR) is 126 cm³/mol. The number of allylic oxidation sites excluding steroid dienone is 1. The van der Waals surface area contributed by atoms with E-state index in [1.54, 1.807) is 42.5 Å². The van der Waals surface area contributed by atoms with E-state index in [0.717, 1.165) is 15.8 Å². The molecule has 0 aliphatic rings. The van der Waals surface area contributed by atoms with Crippen molar-refractivity contribution in [3.8, 4) is 0 Å². The lowest BCUT2D eigenvalue weighted by atomic mass is 10.0. The van der Waals surface area contributed by atoms with Gasteiger partial charge < -0.3 is 4.57 Å². The van der Waals surface area contributed by atoms with Crippen molar-refractivity contribution in [2.75, 3.05) is 0 Å². The molecule has 3 aromatic carbocycles. The number of thiazole rings is 1. The maximum Gasteiger partial charge on any atom is 0.279 e. The molecular weight excluding hydrogens is 428 g/mol. The fourth-order valence-corrected chi connectivity index (χ4v) is 4.62. The smallest absolute Gasteiger partial charge is 0.279 e. The van der Waals surface area contributed by atoms with Crippen molar-refractivity contribution in [3.63, 3.8) is 0 Å². The summed E-state index contributed by atoms with van der Waals surface area (Å²) in [5.41, 5.74) is 3.44. The fourth-order valence-electron chi connectivity index (χ4n) is 3.37. The number of amides is 1. The Morgan fingerprint density at radius 1 is 1.00 bits per heavy atom. The molecule has 4 rings (SSSR count). The van der Waals surface area contributed by atoms with E-state index in [4.69, 9.17) is 11.6 Å². The summed E-state index contributed by atoms with van der Waals surface area (Å²) in [6.45, 7) is 6.28. The zero-order valence-corrected chi connectivity index (χ0v) is 18.4. The summed E-state index contributed by atoms with van der Waals surface area (Å²) in [7, 11) is 0. The third-order valence-electron chi connectivity index (χ3n) is 4.97. The molecule has 154 valence electrons. The van der Waals surface area contributed by atoms with Crippen LogP contribution in [0.15, 0.2) is 84.4 Å². The van der Waals surface area contributed by atoms with Crippen LogP contribution in [-0.4, -0.2) is 16.3 Å². The van der Waals surface area contributed by atoms with Gasteiger partial charge in [0.2, 0.25) is 0 Å². The molecule has 0 saturated heterocycles. The number of ketones is 1. The van der Waals surface area contributed by atoms with Crippen LogP contribution in [0.4, 0.5) is 0 Å². The van der Waals surface area contributed by atoms with Gasteiger partial charge in [-0.25, -0.2) is 0 Å². The van der Waals surface area contributed by atoms with Crippen LogP contribution in [0.3, 0.4) is 0 Å². The third kappa shape index (κ3) is 4.15. The van der Waals surface area contributed by atoms with Crippen molar-refractivity contribution in [1.29, 1.82) is 0 Å². The summed E-state index contributed by atoms with van der Waals surface area (Å²) in [5.74, 6) is -0.455. The van der Waals surface area contributed by atoms with Gasteiger partial charge in [-0.3, -0.25) is 9.59 Å². The van der Waals surface area contributed by atoms with E-state index in [0.29, 0.717) is 33.1 Å². The number of carbonyl (C=O) groups excluding carboxylic acids is 2. The molecule has 0 atom stereocenters. The van der Waals surface area contributed by atoms with E-state index in [1.165, 1.54) is 11.3 Å². The lowest BCUT2D eigenvalue weighted by Crippen LogP contribution is -2.16. The number of benzene rings is 3. The largest absolute Gasteiger partial charge is 0.312 e. The van der Waals surface area contributed by atoms with Crippen LogP contribution in [0, 0.1) is 6.92 Å². The van der Waals surface area contributed by atoms with Gasteiger partial charge in [-0.2, -0.15) is 4.99 Å². The van der Waals surface area contributed by atoms with Gasteiger partial charge in [0.15, 0.2) is 10.6 Å². The molecule has 4 nitrogen and oxygen atoms in total. The average Bonchev–Trinajstić information content (AvgIpc) is 3.14. The summed E-state index contributed by atoms with van der Waals surface area (Å²) >= 11 is 7.73. The number of aryl methyl sites for hydroxylation is 1. The van der Waals surface area contributed by atoms with Crippen molar-refractivity contribution < 1.29 is 9.59 Å². The summed E-state index contributed by atoms with van der Waals surface area (Å²) in [6, 6.07) is 19.4. The molecule has 1 amide bonds. The van der Waals surface area contributed by atoms with E-state index in [2.05, 4.69) is 11.6 Å². The maximum atomic E-state index is 12.8. The molecule has 6 heteroatoms. The zero-order valence-electron chi connectivity index (χ0n) is 16.8. The lowest BCUT2D eigenvalue weighted by molar-refractivity contribution is 0.0994. The minimum absolute atomic E-state index is 0.0859. The molecule has 1 heterocycles. The maximum absolute atomic E-state index is 12.8. The Morgan fingerprint density at radius 3 is 2.32 bits per heavy atom. The minimum atomic E-state index is -0.369. The van der Waals surface area contributed by atoms with Crippen molar-refractivity contribution in [2.45, 2.75) is 13.5 Å². The number of hydrogen-bond donors (Lipinski definition) is 0. The van der Waals surface area contributed by atoms with E-state index in [-0.39, 0.29) is 11.7 Å². The van der Waals surface area contributed by atoms with Crippen molar-refractivity contribution in [1.82, 2.24) is 4.57 Å². The number of hydrogen-bond acceptors (Lipinski definition) is 3. The number of fused-ring (bicyclic) bond motifs is 1. The first kappa shape index (κ1) is 21.0. The molecule has 0 N–H and O–H groups in total. The molecule has 31 heavy (non-hydrogen) atoms. The molecule has 0 aliphatic carbocycles. The van der Waals surface area contributed by atoms with E-state index in [1.807, 2.05) is 41.8 Å². The quantitative estimate of drug-likeness (QED) is 0.286. The molecule has 4 aromatic rings. The topological polar surface area (TPSA) is 51.4 Å². The zero-order chi connectivity index (χ0) is 22.0. The van der Waals surface area contributed by atoms with E-state index in [9.17, 15) is 9.59 Å². The normalized spacial score (nSPS) is 11.6. The number of aromatic nitrogens is 1.